The summed E-state index contributed by atoms with van der Waals surface area (Å²) in [7, 11) is 0.838. The minimum atomic E-state index is -4.19. The Hall–Kier alpha value is -0.860. The van der Waals surface area contributed by atoms with Gasteiger partial charge in [0.1, 0.15) is 16.5 Å². The molecule has 0 amide bonds. The van der Waals surface area contributed by atoms with Gasteiger partial charge in [-0.05, 0) is 22.0 Å². The normalized spacial score (nSPS) is 11.3. The van der Waals surface area contributed by atoms with E-state index < -0.39 is 25.7 Å². The maximum Gasteiger partial charge on any atom is 0.306 e. The second-order valence-corrected chi connectivity index (χ2v) is 6.53. The molecule has 0 unspecified atom stereocenters. The Labute approximate surface area is 115 Å². The average Bonchev–Trinajstić information content (AvgIpc) is 2.20. The van der Waals surface area contributed by atoms with E-state index in [2.05, 4.69) is 15.9 Å². The minimum absolute atomic E-state index is 0.00202. The van der Waals surface area contributed by atoms with Crippen molar-refractivity contribution in [3.8, 4) is 5.75 Å². The van der Waals surface area contributed by atoms with Crippen molar-refractivity contribution in [2.75, 3.05) is 6.61 Å². The summed E-state index contributed by atoms with van der Waals surface area (Å²) < 4.78 is 40.6. The van der Waals surface area contributed by atoms with Crippen molar-refractivity contribution < 1.29 is 27.4 Å². The van der Waals surface area contributed by atoms with Crippen molar-refractivity contribution in [3.63, 3.8) is 0 Å². The molecule has 0 bridgehead atoms. The van der Waals surface area contributed by atoms with E-state index in [0.717, 1.165) is 12.1 Å². The molecule has 0 fully saturated rings. The smallest absolute Gasteiger partial charge is 0.306 e. The molecule has 0 saturated carbocycles. The summed E-state index contributed by atoms with van der Waals surface area (Å²) in [6.07, 6.45) is -0.260. The van der Waals surface area contributed by atoms with Crippen LogP contribution in [-0.2, 0) is 13.8 Å². The van der Waals surface area contributed by atoms with Crippen molar-refractivity contribution in [3.05, 3.63) is 22.4 Å². The molecular weight excluding hydrogens is 355 g/mol. The highest BCUT2D eigenvalue weighted by Gasteiger charge is 2.19. The molecule has 0 spiro atoms. The first-order valence-corrected chi connectivity index (χ1v) is 7.60. The Balaban J connectivity index is 2.97. The quantitative estimate of drug-likeness (QED) is 0.814. The number of hydrogen-bond donors (Lipinski definition) is 1. The predicted molar refractivity (Wildman–Crippen MR) is 64.9 cm³/mol. The van der Waals surface area contributed by atoms with Crippen LogP contribution in [0.25, 0.3) is 0 Å². The number of rotatable bonds is 5. The maximum atomic E-state index is 13.4. The largest absolute Gasteiger partial charge is 0.492 e. The number of carboxylic acid groups (broad SMARTS) is 1. The van der Waals surface area contributed by atoms with E-state index in [4.69, 9.17) is 20.5 Å². The molecule has 100 valence electrons. The summed E-state index contributed by atoms with van der Waals surface area (Å²) in [5.74, 6) is -2.14. The molecule has 18 heavy (non-hydrogen) atoms. The highest BCUT2D eigenvalue weighted by Crippen LogP contribution is 2.31. The van der Waals surface area contributed by atoms with Crippen LogP contribution in [0.5, 0.6) is 5.75 Å². The van der Waals surface area contributed by atoms with Gasteiger partial charge in [0.2, 0.25) is 0 Å². The Morgan fingerprint density at radius 2 is 2.11 bits per heavy atom. The van der Waals surface area contributed by atoms with E-state index in [-0.39, 0.29) is 23.2 Å². The molecule has 1 N–H and O–H groups in total. The van der Waals surface area contributed by atoms with Crippen LogP contribution in [0.4, 0.5) is 4.39 Å². The molecule has 0 aliphatic heterocycles. The lowest BCUT2D eigenvalue weighted by atomic mass is 10.3. The lowest BCUT2D eigenvalue weighted by Crippen LogP contribution is -2.06. The number of carboxylic acids is 1. The van der Waals surface area contributed by atoms with Gasteiger partial charge in [0.25, 0.3) is 9.05 Å². The Kier molecular flexibility index (Phi) is 4.94. The lowest BCUT2D eigenvalue weighted by Gasteiger charge is -2.08. The van der Waals surface area contributed by atoms with E-state index in [1.807, 2.05) is 0 Å². The average molecular weight is 362 g/mol. The van der Waals surface area contributed by atoms with Crippen LogP contribution >= 0.6 is 26.6 Å². The summed E-state index contributed by atoms with van der Waals surface area (Å²) in [5.41, 5.74) is 0. The number of carbonyl (C=O) groups is 1. The Bertz CT molecular complexity index is 575. The van der Waals surface area contributed by atoms with E-state index in [0.29, 0.717) is 0 Å². The van der Waals surface area contributed by atoms with Gasteiger partial charge in [0.15, 0.2) is 0 Å². The Morgan fingerprint density at radius 3 is 2.61 bits per heavy atom. The summed E-state index contributed by atoms with van der Waals surface area (Å²) in [4.78, 5) is 9.59. The van der Waals surface area contributed by atoms with Gasteiger partial charge < -0.3 is 9.84 Å². The number of hydrogen-bond acceptors (Lipinski definition) is 4. The topological polar surface area (TPSA) is 80.7 Å². The fourth-order valence-electron chi connectivity index (χ4n) is 1.06. The zero-order chi connectivity index (χ0) is 13.9. The van der Waals surface area contributed by atoms with Gasteiger partial charge in [-0.25, -0.2) is 12.8 Å². The predicted octanol–water partition coefficient (Wildman–Crippen LogP) is 2.37. The zero-order valence-electron chi connectivity index (χ0n) is 8.69. The summed E-state index contributed by atoms with van der Waals surface area (Å²) in [6.45, 7) is -0.166. The second-order valence-electron chi connectivity index (χ2n) is 3.14. The molecule has 0 aliphatic rings. The van der Waals surface area contributed by atoms with Crippen LogP contribution in [-0.4, -0.2) is 26.1 Å². The van der Waals surface area contributed by atoms with Crippen molar-refractivity contribution in [2.45, 2.75) is 11.3 Å². The van der Waals surface area contributed by atoms with Crippen molar-refractivity contribution in [2.24, 2.45) is 0 Å². The molecule has 0 saturated heterocycles. The fraction of sp³-hybridized carbons (Fsp3) is 0.222. The van der Waals surface area contributed by atoms with Crippen molar-refractivity contribution in [1.82, 2.24) is 0 Å². The van der Waals surface area contributed by atoms with Gasteiger partial charge in [-0.2, -0.15) is 0 Å². The van der Waals surface area contributed by atoms with E-state index in [1.54, 1.807) is 0 Å². The SMILES string of the molecule is O=C(O)CCOc1cc(F)c(S(=O)(=O)Cl)cc1Br. The van der Waals surface area contributed by atoms with Gasteiger partial charge in [-0.15, -0.1) is 0 Å². The van der Waals surface area contributed by atoms with E-state index in [1.165, 1.54) is 0 Å². The summed E-state index contributed by atoms with van der Waals surface area (Å²) >= 11 is 2.98. The van der Waals surface area contributed by atoms with Crippen LogP contribution < -0.4 is 4.74 Å². The Morgan fingerprint density at radius 1 is 1.50 bits per heavy atom. The van der Waals surface area contributed by atoms with Gasteiger partial charge in [-0.1, -0.05) is 0 Å². The van der Waals surface area contributed by atoms with Crippen molar-refractivity contribution >= 4 is 41.6 Å². The van der Waals surface area contributed by atoms with Crippen LogP contribution in [0.1, 0.15) is 6.42 Å². The minimum Gasteiger partial charge on any atom is -0.492 e. The molecule has 0 atom stereocenters. The third-order valence-corrected chi connectivity index (χ3v) is 3.78. The number of halogens is 3. The second kappa shape index (κ2) is 5.85. The third-order valence-electron chi connectivity index (χ3n) is 1.82. The van der Waals surface area contributed by atoms with Crippen LogP contribution in [0, 0.1) is 5.82 Å². The molecule has 1 rings (SSSR count). The van der Waals surface area contributed by atoms with Gasteiger partial charge in [0, 0.05) is 16.7 Å². The first-order valence-electron chi connectivity index (χ1n) is 4.50. The van der Waals surface area contributed by atoms with Crippen molar-refractivity contribution in [1.29, 1.82) is 0 Å². The molecular formula is C9H7BrClFO5S. The highest BCUT2D eigenvalue weighted by atomic mass is 79.9. The summed E-state index contributed by atoms with van der Waals surface area (Å²) in [5, 5.41) is 8.40. The maximum absolute atomic E-state index is 13.4. The number of aliphatic carboxylic acids is 1. The monoisotopic (exact) mass is 360 g/mol. The standard InChI is InChI=1S/C9H7BrClFO5S/c10-5-3-8(18(11,15)16)6(12)4-7(5)17-2-1-9(13)14/h3-4H,1-2H2,(H,13,14). The fourth-order valence-corrected chi connectivity index (χ4v) is 2.57. The first kappa shape index (κ1) is 15.2. The molecule has 0 radical (unpaired) electrons. The van der Waals surface area contributed by atoms with E-state index >= 15 is 0 Å². The number of ether oxygens (including phenoxy) is 1. The molecule has 9 heteroatoms. The molecule has 0 heterocycles. The van der Waals surface area contributed by atoms with E-state index in [9.17, 15) is 17.6 Å². The van der Waals surface area contributed by atoms with Gasteiger partial charge in [-0.3, -0.25) is 4.79 Å². The van der Waals surface area contributed by atoms with Crippen LogP contribution in [0.15, 0.2) is 21.5 Å². The number of benzene rings is 1. The lowest BCUT2D eigenvalue weighted by molar-refractivity contribution is -0.137. The molecule has 0 aliphatic carbocycles. The van der Waals surface area contributed by atoms with Crippen LogP contribution in [0.2, 0.25) is 0 Å². The van der Waals surface area contributed by atoms with Gasteiger partial charge in [0.05, 0.1) is 17.5 Å². The molecule has 1 aromatic carbocycles. The zero-order valence-corrected chi connectivity index (χ0v) is 11.8. The molecule has 5 nitrogen and oxygen atoms in total. The highest BCUT2D eigenvalue weighted by molar-refractivity contribution is 9.10. The van der Waals surface area contributed by atoms with Gasteiger partial charge >= 0.3 is 5.97 Å². The van der Waals surface area contributed by atoms with Crippen LogP contribution in [0.3, 0.4) is 0 Å². The third kappa shape index (κ3) is 4.11. The first-order chi connectivity index (χ1) is 8.21. The summed E-state index contributed by atoms with van der Waals surface area (Å²) in [6, 6.07) is 1.77. The molecule has 0 aromatic heterocycles. The molecule has 1 aromatic rings.